The van der Waals surface area contributed by atoms with E-state index in [2.05, 4.69) is 30.2 Å². The number of unbranched alkanes of at least 4 members (excludes halogenated alkanes) is 20. The van der Waals surface area contributed by atoms with E-state index in [1.165, 1.54) is 128 Å². The summed E-state index contributed by atoms with van der Waals surface area (Å²) in [6, 6.07) is 0. The second-order valence-corrected chi connectivity index (χ2v) is 11.2. The molecule has 0 aliphatic heterocycles. The van der Waals surface area contributed by atoms with E-state index in [9.17, 15) is 13.0 Å². The second kappa shape index (κ2) is 29.2. The van der Waals surface area contributed by atoms with Gasteiger partial charge in [0, 0.05) is 5.92 Å². The van der Waals surface area contributed by atoms with Crippen LogP contribution in [0.2, 0.25) is 0 Å². The van der Waals surface area contributed by atoms with E-state index in [1.54, 1.807) is 0 Å². The molecule has 0 rings (SSSR count). The van der Waals surface area contributed by atoms with Crippen LogP contribution in [0.3, 0.4) is 0 Å². The summed E-state index contributed by atoms with van der Waals surface area (Å²) in [6.07, 6.45) is 33.7. The molecular weight excluding hydrogens is 467 g/mol. The van der Waals surface area contributed by atoms with Gasteiger partial charge in [0.25, 0.3) is 0 Å². The van der Waals surface area contributed by atoms with E-state index in [1.807, 2.05) is 0 Å². The Bertz CT molecular complexity index is 537. The molecule has 0 N–H and O–H groups in total. The molecule has 0 saturated carbocycles. The van der Waals surface area contributed by atoms with E-state index in [-0.39, 0.29) is 42.1 Å². The average Bonchev–Trinajstić information content (AvgIpc) is 2.80. The SMILES string of the molecule is CCCCCCCCCCCCC/C=C/C(CCCCCCCCCCCC)COS(=O)(=O)[O-].[Na+]. The largest absolute Gasteiger partial charge is 1.00 e. The van der Waals surface area contributed by atoms with Crippen LogP contribution in [0, 0.1) is 5.92 Å². The molecule has 1 atom stereocenters. The Kier molecular flexibility index (Phi) is 31.5. The topological polar surface area (TPSA) is 66.4 Å². The quantitative estimate of drug-likeness (QED) is 0.0397. The van der Waals surface area contributed by atoms with E-state index in [4.69, 9.17) is 0 Å². The summed E-state index contributed by atoms with van der Waals surface area (Å²) in [5, 5.41) is 0. The molecule has 0 spiro atoms. The first-order chi connectivity index (χ1) is 16.5. The number of hydrogen-bond acceptors (Lipinski definition) is 4. The predicted octanol–water partition coefficient (Wildman–Crippen LogP) is 6.65. The molecule has 1 unspecified atom stereocenters. The fourth-order valence-electron chi connectivity index (χ4n) is 4.51. The van der Waals surface area contributed by atoms with Gasteiger partial charge >= 0.3 is 29.6 Å². The predicted molar refractivity (Wildman–Crippen MR) is 146 cm³/mol. The molecular formula is C29H57NaO4S. The Morgan fingerprint density at radius 2 is 1.00 bits per heavy atom. The van der Waals surface area contributed by atoms with Crippen LogP contribution in [0.1, 0.15) is 162 Å². The summed E-state index contributed by atoms with van der Waals surface area (Å²) in [4.78, 5) is 0. The third kappa shape index (κ3) is 32.6. The normalized spacial score (nSPS) is 12.8. The van der Waals surface area contributed by atoms with Crippen molar-refractivity contribution in [3.8, 4) is 0 Å². The van der Waals surface area contributed by atoms with E-state index in [0.717, 1.165) is 19.3 Å². The summed E-state index contributed by atoms with van der Waals surface area (Å²) in [5.41, 5.74) is 0. The minimum absolute atomic E-state index is 0. The van der Waals surface area contributed by atoms with Crippen LogP contribution in [-0.4, -0.2) is 19.6 Å². The minimum atomic E-state index is -4.61. The van der Waals surface area contributed by atoms with Crippen LogP contribution in [-0.2, 0) is 14.6 Å². The second-order valence-electron chi connectivity index (χ2n) is 10.2. The molecule has 0 fully saturated rings. The number of allylic oxidation sites excluding steroid dienone is 1. The van der Waals surface area contributed by atoms with Gasteiger partial charge in [-0.05, 0) is 19.3 Å². The standard InChI is InChI=1S/C29H58O4S.Na/c1-3-5-7-9-11-13-15-16-17-19-21-23-25-27-29(28-33-34(30,31)32)26-24-22-20-18-14-12-10-8-6-4-2;/h25,27,29H,3-24,26,28H2,1-2H3,(H,30,31,32);/q;+1/p-1/b27-25+;. The molecule has 0 aromatic rings. The third-order valence-electron chi connectivity index (χ3n) is 6.74. The fourth-order valence-corrected chi connectivity index (χ4v) is 4.86. The Morgan fingerprint density at radius 1 is 0.629 bits per heavy atom. The zero-order valence-electron chi connectivity index (χ0n) is 23.7. The maximum absolute atomic E-state index is 10.9. The summed E-state index contributed by atoms with van der Waals surface area (Å²) >= 11 is 0. The van der Waals surface area contributed by atoms with Crippen LogP contribution in [0.5, 0.6) is 0 Å². The van der Waals surface area contributed by atoms with E-state index < -0.39 is 10.4 Å². The molecule has 0 saturated heterocycles. The van der Waals surface area contributed by atoms with Crippen molar-refractivity contribution in [1.29, 1.82) is 0 Å². The van der Waals surface area contributed by atoms with Crippen LogP contribution >= 0.6 is 0 Å². The van der Waals surface area contributed by atoms with Gasteiger partial charge in [0.2, 0.25) is 10.4 Å². The molecule has 0 aromatic carbocycles. The van der Waals surface area contributed by atoms with Gasteiger partial charge in [0.15, 0.2) is 0 Å². The van der Waals surface area contributed by atoms with Gasteiger partial charge in [-0.25, -0.2) is 8.42 Å². The van der Waals surface area contributed by atoms with Crippen molar-refractivity contribution in [2.45, 2.75) is 162 Å². The van der Waals surface area contributed by atoms with Crippen molar-refractivity contribution in [1.82, 2.24) is 0 Å². The summed E-state index contributed by atoms with van der Waals surface area (Å²) in [7, 11) is -4.61. The average molecular weight is 525 g/mol. The van der Waals surface area contributed by atoms with E-state index >= 15 is 0 Å². The molecule has 6 heteroatoms. The summed E-state index contributed by atoms with van der Waals surface area (Å²) in [5.74, 6) is 0.0190. The molecule has 0 radical (unpaired) electrons. The molecule has 0 aromatic heterocycles. The third-order valence-corrected chi connectivity index (χ3v) is 7.16. The monoisotopic (exact) mass is 524 g/mol. The van der Waals surface area contributed by atoms with Crippen molar-refractivity contribution in [3.05, 3.63) is 12.2 Å². The molecule has 0 aliphatic rings. The Labute approximate surface area is 242 Å². The molecule has 35 heavy (non-hydrogen) atoms. The zero-order valence-corrected chi connectivity index (χ0v) is 26.6. The van der Waals surface area contributed by atoms with Crippen LogP contribution in [0.4, 0.5) is 0 Å². The molecule has 0 bridgehead atoms. The van der Waals surface area contributed by atoms with Crippen molar-refractivity contribution >= 4 is 10.4 Å². The maximum Gasteiger partial charge on any atom is 1.00 e. The van der Waals surface area contributed by atoms with Gasteiger partial charge in [0.05, 0.1) is 6.61 Å². The van der Waals surface area contributed by atoms with E-state index in [0.29, 0.717) is 0 Å². The smallest absolute Gasteiger partial charge is 0.726 e. The number of hydrogen-bond donors (Lipinski definition) is 0. The van der Waals surface area contributed by atoms with Gasteiger partial charge in [0.1, 0.15) is 0 Å². The first-order valence-electron chi connectivity index (χ1n) is 14.8. The fraction of sp³-hybridized carbons (Fsp3) is 0.931. The maximum atomic E-state index is 10.9. The minimum Gasteiger partial charge on any atom is -0.726 e. The van der Waals surface area contributed by atoms with Crippen LogP contribution in [0.15, 0.2) is 12.2 Å². The molecule has 0 amide bonds. The zero-order chi connectivity index (χ0) is 25.2. The first-order valence-corrected chi connectivity index (χ1v) is 16.1. The molecule has 4 nitrogen and oxygen atoms in total. The van der Waals surface area contributed by atoms with Gasteiger partial charge < -0.3 is 4.55 Å². The first kappa shape index (κ1) is 37.8. The number of rotatable bonds is 27. The van der Waals surface area contributed by atoms with Crippen molar-refractivity contribution in [3.63, 3.8) is 0 Å². The molecule has 204 valence electrons. The molecule has 0 aliphatic carbocycles. The van der Waals surface area contributed by atoms with Gasteiger partial charge in [-0.2, -0.15) is 0 Å². The Hall–Kier alpha value is 0.610. The van der Waals surface area contributed by atoms with Gasteiger partial charge in [-0.15, -0.1) is 0 Å². The summed E-state index contributed by atoms with van der Waals surface area (Å²) < 4.78 is 37.2. The van der Waals surface area contributed by atoms with Gasteiger partial charge in [-0.1, -0.05) is 154 Å². The Morgan fingerprint density at radius 3 is 1.40 bits per heavy atom. The van der Waals surface area contributed by atoms with Crippen molar-refractivity contribution in [2.75, 3.05) is 6.61 Å². The van der Waals surface area contributed by atoms with Gasteiger partial charge in [-0.3, -0.25) is 4.18 Å². The van der Waals surface area contributed by atoms with Crippen molar-refractivity contribution < 1.29 is 46.7 Å². The summed E-state index contributed by atoms with van der Waals surface area (Å²) in [6.45, 7) is 4.50. The van der Waals surface area contributed by atoms with Crippen molar-refractivity contribution in [2.24, 2.45) is 5.92 Å². The molecule has 0 heterocycles. The van der Waals surface area contributed by atoms with Crippen LogP contribution in [0.25, 0.3) is 0 Å². The Balaban J connectivity index is 0. The van der Waals surface area contributed by atoms with Crippen LogP contribution < -0.4 is 29.6 Å².